The van der Waals surface area contributed by atoms with Gasteiger partial charge >= 0.3 is 5.97 Å². The molecule has 8 atom stereocenters. The van der Waals surface area contributed by atoms with Gasteiger partial charge in [0.25, 0.3) is 0 Å². The molecule has 2 N–H and O–H groups in total. The van der Waals surface area contributed by atoms with Crippen LogP contribution in [-0.4, -0.2) is 22.3 Å². The molecular formula is C27H42O3. The van der Waals surface area contributed by atoms with E-state index in [4.69, 9.17) is 0 Å². The van der Waals surface area contributed by atoms with Gasteiger partial charge in [-0.2, -0.15) is 0 Å². The van der Waals surface area contributed by atoms with Crippen LogP contribution in [0.2, 0.25) is 0 Å². The number of hydrogen-bond acceptors (Lipinski definition) is 2. The summed E-state index contributed by atoms with van der Waals surface area (Å²) in [6, 6.07) is 0. The van der Waals surface area contributed by atoms with Gasteiger partial charge in [0.15, 0.2) is 0 Å². The van der Waals surface area contributed by atoms with Gasteiger partial charge in [0, 0.05) is 0 Å². The molecule has 30 heavy (non-hydrogen) atoms. The third-order valence-corrected chi connectivity index (χ3v) is 9.90. The molecule has 3 nitrogen and oxygen atoms in total. The smallest absolute Gasteiger partial charge is 0.314 e. The topological polar surface area (TPSA) is 57.5 Å². The predicted octanol–water partition coefficient (Wildman–Crippen LogP) is 6.23. The number of aliphatic carboxylic acids is 1. The van der Waals surface area contributed by atoms with Gasteiger partial charge in [-0.3, -0.25) is 4.79 Å². The maximum atomic E-state index is 12.0. The zero-order valence-electron chi connectivity index (χ0n) is 19.4. The number of fused-ring (bicyclic) bond motifs is 5. The van der Waals surface area contributed by atoms with E-state index in [9.17, 15) is 15.0 Å². The lowest BCUT2D eigenvalue weighted by Crippen LogP contribution is -2.53. The van der Waals surface area contributed by atoms with Crippen molar-refractivity contribution in [3.05, 3.63) is 23.8 Å². The van der Waals surface area contributed by atoms with E-state index < -0.39 is 11.9 Å². The van der Waals surface area contributed by atoms with E-state index in [0.29, 0.717) is 23.2 Å². The number of rotatable bonds is 5. The summed E-state index contributed by atoms with van der Waals surface area (Å²) in [7, 11) is 0. The first-order chi connectivity index (χ1) is 14.2. The van der Waals surface area contributed by atoms with Gasteiger partial charge in [-0.1, -0.05) is 51.5 Å². The molecule has 0 radical (unpaired) electrons. The first-order valence-electron chi connectivity index (χ1n) is 12.4. The van der Waals surface area contributed by atoms with Crippen molar-refractivity contribution in [1.29, 1.82) is 0 Å². The Balaban J connectivity index is 1.54. The SMILES string of the molecule is CC(C)C/C=C\[C@H](C(=O)O)C1=CC[C@@]2(C)[C@@H](CC[C@@H]3[C@H]2CC[C@@]2(C)[C@@H]3CC[C@@H]2O)C1. The van der Waals surface area contributed by atoms with Gasteiger partial charge in [0.05, 0.1) is 12.0 Å². The molecule has 3 fully saturated rings. The number of carbonyl (C=O) groups is 1. The minimum atomic E-state index is -0.702. The van der Waals surface area contributed by atoms with Gasteiger partial charge in [0.1, 0.15) is 0 Å². The standard InChI is InChI=1S/C27H42O3/c1-17(2)6-5-7-20(25(29)30)18-12-14-26(3)19(16-18)8-9-21-22-10-11-24(28)27(22,4)15-13-23(21)26/h5,7,12,17,19-24,28H,6,8-11,13-16H2,1-4H3,(H,29,30)/b7-5-/t19-,20-,21-,22+,23+,24-,26-,27-/m0/s1. The van der Waals surface area contributed by atoms with Gasteiger partial charge in [-0.05, 0) is 98.2 Å². The Morgan fingerprint density at radius 1 is 1.13 bits per heavy atom. The highest BCUT2D eigenvalue weighted by atomic mass is 16.4. The fourth-order valence-corrected chi connectivity index (χ4v) is 7.98. The van der Waals surface area contributed by atoms with Crippen LogP contribution in [0.15, 0.2) is 23.8 Å². The van der Waals surface area contributed by atoms with E-state index in [0.717, 1.165) is 49.5 Å². The summed E-state index contributed by atoms with van der Waals surface area (Å²) in [5.41, 5.74) is 1.57. The van der Waals surface area contributed by atoms with Crippen LogP contribution in [0.5, 0.6) is 0 Å². The molecule has 0 saturated heterocycles. The highest BCUT2D eigenvalue weighted by molar-refractivity contribution is 5.76. The fourth-order valence-electron chi connectivity index (χ4n) is 7.98. The quantitative estimate of drug-likeness (QED) is 0.524. The predicted molar refractivity (Wildman–Crippen MR) is 121 cm³/mol. The van der Waals surface area contributed by atoms with Crippen molar-refractivity contribution in [3.8, 4) is 0 Å². The van der Waals surface area contributed by atoms with Crippen LogP contribution >= 0.6 is 0 Å². The highest BCUT2D eigenvalue weighted by Crippen LogP contribution is 2.66. The van der Waals surface area contributed by atoms with E-state index in [-0.39, 0.29) is 11.5 Å². The summed E-state index contributed by atoms with van der Waals surface area (Å²) in [5.74, 6) is 2.17. The lowest BCUT2D eigenvalue weighted by atomic mass is 9.45. The number of aliphatic hydroxyl groups is 1. The lowest BCUT2D eigenvalue weighted by molar-refractivity contribution is -0.139. The number of allylic oxidation sites excluding steroid dienone is 2. The van der Waals surface area contributed by atoms with Crippen molar-refractivity contribution in [2.45, 2.75) is 91.6 Å². The van der Waals surface area contributed by atoms with E-state index in [1.165, 1.54) is 25.7 Å². The minimum Gasteiger partial charge on any atom is -0.481 e. The summed E-state index contributed by atoms with van der Waals surface area (Å²) in [6.45, 7) is 9.19. The van der Waals surface area contributed by atoms with Crippen molar-refractivity contribution < 1.29 is 15.0 Å². The van der Waals surface area contributed by atoms with Crippen molar-refractivity contribution in [3.63, 3.8) is 0 Å². The Hall–Kier alpha value is -1.09. The molecule has 168 valence electrons. The van der Waals surface area contributed by atoms with Gasteiger partial charge in [-0.25, -0.2) is 0 Å². The van der Waals surface area contributed by atoms with Crippen molar-refractivity contribution >= 4 is 5.97 Å². The van der Waals surface area contributed by atoms with Gasteiger partial charge in [0.2, 0.25) is 0 Å². The van der Waals surface area contributed by atoms with E-state index in [2.05, 4.69) is 39.8 Å². The molecule has 4 aliphatic rings. The molecule has 3 saturated carbocycles. The normalized spacial score (nSPS) is 44.3. The monoisotopic (exact) mass is 414 g/mol. The second-order valence-electron chi connectivity index (χ2n) is 11.9. The molecule has 0 unspecified atom stereocenters. The second-order valence-corrected chi connectivity index (χ2v) is 11.9. The molecule has 0 heterocycles. The number of hydrogen-bond donors (Lipinski definition) is 2. The third kappa shape index (κ3) is 3.59. The van der Waals surface area contributed by atoms with Crippen LogP contribution in [0.25, 0.3) is 0 Å². The summed E-state index contributed by atoms with van der Waals surface area (Å²) in [4.78, 5) is 12.0. The zero-order chi connectivity index (χ0) is 21.7. The Bertz CT molecular complexity index is 722. The zero-order valence-corrected chi connectivity index (χ0v) is 19.4. The summed E-state index contributed by atoms with van der Waals surface area (Å²) in [5, 5.41) is 20.5. The molecule has 0 aliphatic heterocycles. The lowest BCUT2D eigenvalue weighted by Gasteiger charge is -2.60. The molecular weight excluding hydrogens is 372 g/mol. The average molecular weight is 415 g/mol. The molecule has 0 amide bonds. The third-order valence-electron chi connectivity index (χ3n) is 9.90. The molecule has 4 rings (SSSR count). The van der Waals surface area contributed by atoms with Crippen LogP contribution in [0.4, 0.5) is 0 Å². The number of carboxylic acid groups (broad SMARTS) is 1. The maximum Gasteiger partial charge on any atom is 0.314 e. The summed E-state index contributed by atoms with van der Waals surface area (Å²) < 4.78 is 0. The van der Waals surface area contributed by atoms with Crippen LogP contribution in [0.3, 0.4) is 0 Å². The largest absolute Gasteiger partial charge is 0.481 e. The van der Waals surface area contributed by atoms with Crippen molar-refractivity contribution in [1.82, 2.24) is 0 Å². The minimum absolute atomic E-state index is 0.110. The Morgan fingerprint density at radius 3 is 2.57 bits per heavy atom. The average Bonchev–Trinajstić information content (AvgIpc) is 2.99. The van der Waals surface area contributed by atoms with Gasteiger partial charge < -0.3 is 10.2 Å². The molecule has 4 aliphatic carbocycles. The Morgan fingerprint density at radius 2 is 1.87 bits per heavy atom. The molecule has 3 heteroatoms. The van der Waals surface area contributed by atoms with Crippen LogP contribution in [0.1, 0.15) is 85.5 Å². The van der Waals surface area contributed by atoms with Crippen LogP contribution in [0, 0.1) is 46.3 Å². The van der Waals surface area contributed by atoms with Gasteiger partial charge in [-0.15, -0.1) is 0 Å². The molecule has 0 aromatic rings. The molecule has 0 bridgehead atoms. The second kappa shape index (κ2) is 8.11. The molecule has 0 aromatic carbocycles. The Kier molecular flexibility index (Phi) is 5.98. The van der Waals surface area contributed by atoms with E-state index >= 15 is 0 Å². The molecule has 0 spiro atoms. The maximum absolute atomic E-state index is 12.0. The van der Waals surface area contributed by atoms with Crippen LogP contribution < -0.4 is 0 Å². The van der Waals surface area contributed by atoms with Crippen molar-refractivity contribution in [2.75, 3.05) is 0 Å². The number of aliphatic hydroxyl groups excluding tert-OH is 1. The first-order valence-corrected chi connectivity index (χ1v) is 12.4. The van der Waals surface area contributed by atoms with Crippen molar-refractivity contribution in [2.24, 2.45) is 46.3 Å². The Labute approximate surface area is 183 Å². The fraction of sp³-hybridized carbons (Fsp3) is 0.815. The molecule has 0 aromatic heterocycles. The highest BCUT2D eigenvalue weighted by Gasteiger charge is 2.59. The van der Waals surface area contributed by atoms with E-state index in [1.807, 2.05) is 6.08 Å². The van der Waals surface area contributed by atoms with Crippen LogP contribution in [-0.2, 0) is 4.79 Å². The van der Waals surface area contributed by atoms with E-state index in [1.54, 1.807) is 0 Å². The first kappa shape index (κ1) is 22.1. The summed E-state index contributed by atoms with van der Waals surface area (Å²) in [6.07, 6.45) is 16.2. The number of carboxylic acids is 1. The summed E-state index contributed by atoms with van der Waals surface area (Å²) >= 11 is 0.